The fourth-order valence-electron chi connectivity index (χ4n) is 6.17. The Balaban J connectivity index is 0.000000287. The van der Waals surface area contributed by atoms with Gasteiger partial charge in [-0.3, -0.25) is 44.7 Å². The number of benzene rings is 3. The molecule has 3 heterocycles. The third-order valence-electron chi connectivity index (χ3n) is 9.52. The number of carboxylic acids is 3. The molecule has 6 rings (SSSR count). The van der Waals surface area contributed by atoms with E-state index in [1.165, 1.54) is 91.0 Å². The van der Waals surface area contributed by atoms with Gasteiger partial charge in [0.1, 0.15) is 51.2 Å². The summed E-state index contributed by atoms with van der Waals surface area (Å²) < 4.78 is 0. The first-order valence-electron chi connectivity index (χ1n) is 20.7. The zero-order valence-corrected chi connectivity index (χ0v) is 40.7. The first kappa shape index (κ1) is 58.4. The van der Waals surface area contributed by atoms with Crippen molar-refractivity contribution < 1.29 is 108 Å². The summed E-state index contributed by atoms with van der Waals surface area (Å²) in [4.78, 5) is 112. The Morgan fingerprint density at radius 2 is 0.644 bits per heavy atom. The molecule has 0 atom stereocenters. The minimum atomic E-state index is -1.31. The Hall–Kier alpha value is -8.89. The third-order valence-corrected chi connectivity index (χ3v) is 9.52. The van der Waals surface area contributed by atoms with E-state index in [4.69, 9.17) is 32.5 Å². The van der Waals surface area contributed by atoms with Crippen LogP contribution in [0.1, 0.15) is 83.7 Å². The van der Waals surface area contributed by atoms with Crippen molar-refractivity contribution in [3.8, 4) is 33.4 Å². The number of rotatable bonds is 15. The van der Waals surface area contributed by atoms with Gasteiger partial charge in [0.25, 0.3) is 34.8 Å². The number of carboxylic acid groups (broad SMARTS) is 3. The summed E-state index contributed by atoms with van der Waals surface area (Å²) in [5, 5.41) is 68.0. The molecule has 12 N–H and O–H groups in total. The predicted octanol–water partition coefficient (Wildman–Crippen LogP) is 5.06. The summed E-state index contributed by atoms with van der Waals surface area (Å²) in [6.45, 7) is 6.18. The monoisotopic (exact) mass is 1140 g/mol. The van der Waals surface area contributed by atoms with E-state index in [-0.39, 0.29) is 118 Å². The van der Waals surface area contributed by atoms with Crippen molar-refractivity contribution in [1.82, 2.24) is 30.9 Å². The van der Waals surface area contributed by atoms with E-state index in [2.05, 4.69) is 30.9 Å². The molecular weight excluding hydrogens is 1100 g/mol. The molecule has 379 valence electrons. The van der Waals surface area contributed by atoms with Gasteiger partial charge in [-0.05, 0) is 109 Å². The average molecular weight is 1140 g/mol. The molecule has 28 heteroatoms. The molecular formula is C45H42EuN12O15. The molecule has 3 aromatic heterocycles. The van der Waals surface area contributed by atoms with Gasteiger partial charge in [0.15, 0.2) is 0 Å². The van der Waals surface area contributed by atoms with Crippen LogP contribution in [0.25, 0.3) is 33.4 Å². The molecule has 1 radical (unpaired) electrons. The van der Waals surface area contributed by atoms with E-state index >= 15 is 0 Å². The molecule has 73 heavy (non-hydrogen) atoms. The van der Waals surface area contributed by atoms with Gasteiger partial charge in [0, 0.05) is 87.2 Å². The number of pyridine rings is 3. The van der Waals surface area contributed by atoms with Crippen LogP contribution in [0.4, 0.5) is 34.1 Å². The molecule has 27 nitrogen and oxygen atoms in total. The topological polar surface area (TPSA) is 445 Å². The summed E-state index contributed by atoms with van der Waals surface area (Å²) in [6, 6.07) is 20.0. The van der Waals surface area contributed by atoms with E-state index in [1.807, 2.05) is 0 Å². The van der Waals surface area contributed by atoms with Crippen molar-refractivity contribution in [3.63, 3.8) is 0 Å². The van der Waals surface area contributed by atoms with Gasteiger partial charge in [0.2, 0.25) is 0 Å². The second-order valence-corrected chi connectivity index (χ2v) is 14.5. The first-order chi connectivity index (χ1) is 34.0. The van der Waals surface area contributed by atoms with Gasteiger partial charge in [-0.1, -0.05) is 18.2 Å². The molecule has 0 bridgehead atoms. The summed E-state index contributed by atoms with van der Waals surface area (Å²) in [5.41, 5.74) is 16.4. The van der Waals surface area contributed by atoms with Gasteiger partial charge >= 0.3 is 17.9 Å². The average Bonchev–Trinajstić information content (AvgIpc) is 3.34. The van der Waals surface area contributed by atoms with Gasteiger partial charge in [0.05, 0.1) is 14.8 Å². The van der Waals surface area contributed by atoms with Crippen LogP contribution < -0.4 is 33.2 Å². The molecule has 3 aromatic carbocycles. The number of hydrogen-bond donors (Lipinski definition) is 9. The number of anilines is 3. The zero-order valence-electron chi connectivity index (χ0n) is 38.3. The number of hydrogen-bond acceptors (Lipinski definition) is 18. The molecule has 6 aromatic rings. The number of nitrogens with zero attached hydrogens (tertiary/aromatic N) is 6. The van der Waals surface area contributed by atoms with Crippen molar-refractivity contribution >= 4 is 69.8 Å². The number of nitrogen functional groups attached to an aromatic ring is 3. The summed E-state index contributed by atoms with van der Waals surface area (Å²) >= 11 is 0. The second-order valence-electron chi connectivity index (χ2n) is 14.5. The molecule has 0 saturated carbocycles. The van der Waals surface area contributed by atoms with Crippen molar-refractivity contribution in [2.24, 2.45) is 0 Å². The maximum atomic E-state index is 11.9. The zero-order chi connectivity index (χ0) is 53.6. The van der Waals surface area contributed by atoms with Crippen molar-refractivity contribution in [3.05, 3.63) is 156 Å². The Kier molecular flexibility index (Phi) is 21.1. The molecule has 0 saturated heterocycles. The van der Waals surface area contributed by atoms with E-state index in [1.54, 1.807) is 20.8 Å². The smallest absolute Gasteiger partial charge is 0.354 e. The largest absolute Gasteiger partial charge is 0.477 e. The van der Waals surface area contributed by atoms with Crippen LogP contribution >= 0.6 is 0 Å². The maximum absolute atomic E-state index is 11.9. The van der Waals surface area contributed by atoms with Crippen LogP contribution in [0.15, 0.2) is 91.0 Å². The second kappa shape index (κ2) is 26.4. The summed E-state index contributed by atoms with van der Waals surface area (Å²) in [6.07, 6.45) is 0. The Bertz CT molecular complexity index is 2840. The number of nitrogens with two attached hydrogens (primary N) is 3. The molecule has 3 amide bonds. The van der Waals surface area contributed by atoms with E-state index in [0.29, 0.717) is 53.0 Å². The van der Waals surface area contributed by atoms with Crippen molar-refractivity contribution in [2.75, 3.05) is 36.8 Å². The van der Waals surface area contributed by atoms with Crippen LogP contribution in [0.3, 0.4) is 0 Å². The quantitative estimate of drug-likeness (QED) is 0.0368. The molecule has 0 aliphatic heterocycles. The van der Waals surface area contributed by atoms with Gasteiger partial charge in [-0.2, -0.15) is 0 Å². The van der Waals surface area contributed by atoms with Crippen molar-refractivity contribution in [1.29, 1.82) is 0 Å². The van der Waals surface area contributed by atoms with Crippen LogP contribution in [-0.4, -0.2) is 100 Å². The Labute approximate surface area is 452 Å². The van der Waals surface area contributed by atoms with Crippen LogP contribution in [0, 0.1) is 79.7 Å². The Morgan fingerprint density at radius 1 is 0.425 bits per heavy atom. The van der Waals surface area contributed by atoms with Crippen LogP contribution in [-0.2, 0) is 0 Å². The van der Waals surface area contributed by atoms with Gasteiger partial charge in [-0.15, -0.1) is 0 Å². The normalized spacial score (nSPS) is 10.1. The molecule has 0 unspecified atom stereocenters. The molecule has 0 aliphatic rings. The molecule has 0 spiro atoms. The first-order valence-corrected chi connectivity index (χ1v) is 20.7. The van der Waals surface area contributed by atoms with E-state index in [9.17, 15) is 59.1 Å². The number of aromatic carboxylic acids is 3. The number of aromatic nitrogens is 3. The minimum Gasteiger partial charge on any atom is -0.477 e. The number of amides is 3. The fourth-order valence-corrected chi connectivity index (χ4v) is 6.17. The third kappa shape index (κ3) is 15.6. The number of carbonyl (C=O) groups excluding carboxylic acids is 3. The van der Waals surface area contributed by atoms with Crippen molar-refractivity contribution in [2.45, 2.75) is 20.8 Å². The maximum Gasteiger partial charge on any atom is 0.354 e. The number of carbonyl (C=O) groups is 6. The van der Waals surface area contributed by atoms with E-state index in [0.717, 1.165) is 0 Å². The SMILES string of the molecule is CCNC(=O)c1cc(-c2ccc(N)c([N+](=O)[O-])c2)cc(C(=O)O)n1.CCNC(=O)c1cc(-c2ccc(N)c([N+](=O)[O-])c2)cc(C(=O)O)n1.CCNC(=O)c1cc(-c2ccc(N)c([N+](=O)[O-])c2)cc(C(=O)O)n1.[Eu]. The summed E-state index contributed by atoms with van der Waals surface area (Å²) in [7, 11) is 0. The number of nitro benzene ring substituents is 3. The Morgan fingerprint density at radius 3 is 0.836 bits per heavy atom. The number of nitro groups is 3. The predicted molar refractivity (Wildman–Crippen MR) is 257 cm³/mol. The van der Waals surface area contributed by atoms with E-state index < -0.39 is 50.4 Å². The van der Waals surface area contributed by atoms with Crippen LogP contribution in [0.2, 0.25) is 0 Å². The number of nitrogens with one attached hydrogen (secondary N) is 3. The molecule has 0 fully saturated rings. The van der Waals surface area contributed by atoms with Crippen LogP contribution in [0.5, 0.6) is 0 Å². The molecule has 0 aliphatic carbocycles. The summed E-state index contributed by atoms with van der Waals surface area (Å²) in [5.74, 6) is -5.54. The minimum absolute atomic E-state index is 0. The standard InChI is InChI=1S/3C15H14N4O5.Eu/c3*1-2-17-14(20)11-5-9(6-12(18-11)15(21)22)8-3-4-10(16)13(7-8)19(23)24;/h3*3-7H,2,16H2,1H3,(H,17,20)(H,21,22);. The van der Waals surface area contributed by atoms with Gasteiger partial charge < -0.3 is 48.5 Å². The van der Waals surface area contributed by atoms with Gasteiger partial charge in [-0.25, -0.2) is 29.3 Å². The fraction of sp³-hybridized carbons (Fsp3) is 0.133.